The van der Waals surface area contributed by atoms with Crippen LogP contribution >= 0.6 is 0 Å². The lowest BCUT2D eigenvalue weighted by atomic mass is 10.0. The molecule has 0 bridgehead atoms. The van der Waals surface area contributed by atoms with E-state index < -0.39 is 11.1 Å². The molecular weight excluding hydrogens is 310 g/mol. The van der Waals surface area contributed by atoms with Crippen molar-refractivity contribution < 1.29 is 14.5 Å². The Hall–Kier alpha value is -2.93. The minimum absolute atomic E-state index is 0.00713. The Morgan fingerprint density at radius 1 is 1.25 bits per heavy atom. The summed E-state index contributed by atoms with van der Waals surface area (Å²) in [6.07, 6.45) is -0.484. The fourth-order valence-electron chi connectivity index (χ4n) is 2.78. The number of non-ortho nitro benzene ring substituents is 1. The zero-order valence-corrected chi connectivity index (χ0v) is 13.1. The zero-order chi connectivity index (χ0) is 17.1. The number of fused-ring (bicyclic) bond motifs is 1. The second-order valence-electron chi connectivity index (χ2n) is 5.44. The quantitative estimate of drug-likeness (QED) is 0.674. The average Bonchev–Trinajstić information content (AvgIpc) is 2.61. The van der Waals surface area contributed by atoms with Crippen LogP contribution in [-0.2, 0) is 4.74 Å². The molecule has 1 heterocycles. The maximum Gasteiger partial charge on any atom is 0.269 e. The Bertz CT molecular complexity index is 778. The Morgan fingerprint density at radius 2 is 2.04 bits per heavy atom. The first-order chi connectivity index (χ1) is 11.6. The molecule has 0 radical (unpaired) electrons. The Kier molecular flexibility index (Phi) is 4.43. The summed E-state index contributed by atoms with van der Waals surface area (Å²) in [4.78, 5) is 25.0. The smallest absolute Gasteiger partial charge is 0.269 e. The van der Waals surface area contributed by atoms with E-state index >= 15 is 0 Å². The van der Waals surface area contributed by atoms with Crippen molar-refractivity contribution in [1.82, 2.24) is 4.90 Å². The molecule has 0 saturated heterocycles. The molecule has 1 aliphatic heterocycles. The number of amides is 1. The van der Waals surface area contributed by atoms with Gasteiger partial charge in [0, 0.05) is 37.0 Å². The second-order valence-corrected chi connectivity index (χ2v) is 5.44. The third-order valence-corrected chi connectivity index (χ3v) is 3.96. The SMILES string of the molecule is COCCN1C(=O)c2ccccc2N[C@H]1c1cccc([N+](=O)[O-])c1. The maximum absolute atomic E-state index is 12.8. The third-order valence-electron chi connectivity index (χ3n) is 3.96. The molecule has 0 saturated carbocycles. The van der Waals surface area contributed by atoms with E-state index in [1.807, 2.05) is 12.1 Å². The van der Waals surface area contributed by atoms with E-state index in [1.165, 1.54) is 12.1 Å². The molecule has 0 unspecified atom stereocenters. The standard InChI is InChI=1S/C17H17N3O4/c1-24-10-9-19-16(12-5-4-6-13(11-12)20(22)23)18-15-8-3-2-7-14(15)17(19)21/h2-8,11,16,18H,9-10H2,1H3/t16-/m1/s1. The molecule has 1 amide bonds. The zero-order valence-electron chi connectivity index (χ0n) is 13.1. The first kappa shape index (κ1) is 15.9. The van der Waals surface area contributed by atoms with Crippen molar-refractivity contribution in [2.75, 3.05) is 25.6 Å². The summed E-state index contributed by atoms with van der Waals surface area (Å²) in [5.74, 6) is -0.127. The van der Waals surface area contributed by atoms with E-state index in [2.05, 4.69) is 5.32 Å². The number of methoxy groups -OCH3 is 1. The van der Waals surface area contributed by atoms with Crippen LogP contribution in [0.5, 0.6) is 0 Å². The lowest BCUT2D eigenvalue weighted by molar-refractivity contribution is -0.384. The molecule has 0 spiro atoms. The number of anilines is 1. The van der Waals surface area contributed by atoms with E-state index in [1.54, 1.807) is 36.3 Å². The molecule has 1 N–H and O–H groups in total. The van der Waals surface area contributed by atoms with Crippen LogP contribution in [0.15, 0.2) is 48.5 Å². The normalized spacial score (nSPS) is 16.5. The number of rotatable bonds is 5. The lowest BCUT2D eigenvalue weighted by Crippen LogP contribution is -2.44. The van der Waals surface area contributed by atoms with Crippen molar-refractivity contribution in [2.24, 2.45) is 0 Å². The minimum Gasteiger partial charge on any atom is -0.383 e. The van der Waals surface area contributed by atoms with Crippen LogP contribution in [0.1, 0.15) is 22.1 Å². The summed E-state index contributed by atoms with van der Waals surface area (Å²) < 4.78 is 5.10. The average molecular weight is 327 g/mol. The van der Waals surface area contributed by atoms with Crippen LogP contribution < -0.4 is 5.32 Å². The lowest BCUT2D eigenvalue weighted by Gasteiger charge is -2.38. The highest BCUT2D eigenvalue weighted by atomic mass is 16.6. The van der Waals surface area contributed by atoms with Gasteiger partial charge in [-0.15, -0.1) is 0 Å². The van der Waals surface area contributed by atoms with Crippen molar-refractivity contribution in [2.45, 2.75) is 6.17 Å². The van der Waals surface area contributed by atoms with Gasteiger partial charge in [-0.2, -0.15) is 0 Å². The molecule has 0 aliphatic carbocycles. The molecule has 24 heavy (non-hydrogen) atoms. The monoisotopic (exact) mass is 327 g/mol. The summed E-state index contributed by atoms with van der Waals surface area (Å²) in [6, 6.07) is 13.5. The van der Waals surface area contributed by atoms with Crippen LogP contribution in [0, 0.1) is 10.1 Å². The van der Waals surface area contributed by atoms with Gasteiger partial charge in [-0.3, -0.25) is 14.9 Å². The van der Waals surface area contributed by atoms with Crippen molar-refractivity contribution >= 4 is 17.3 Å². The van der Waals surface area contributed by atoms with Crippen molar-refractivity contribution in [3.05, 3.63) is 69.8 Å². The molecule has 3 rings (SSSR count). The van der Waals surface area contributed by atoms with E-state index in [4.69, 9.17) is 4.74 Å². The second kappa shape index (κ2) is 6.67. The van der Waals surface area contributed by atoms with Gasteiger partial charge in [0.25, 0.3) is 11.6 Å². The van der Waals surface area contributed by atoms with Crippen LogP contribution in [-0.4, -0.2) is 36.0 Å². The van der Waals surface area contributed by atoms with E-state index in [-0.39, 0.29) is 11.6 Å². The summed E-state index contributed by atoms with van der Waals surface area (Å²) in [7, 11) is 1.57. The largest absolute Gasteiger partial charge is 0.383 e. The number of para-hydroxylation sites is 1. The maximum atomic E-state index is 12.8. The minimum atomic E-state index is -0.484. The van der Waals surface area contributed by atoms with Gasteiger partial charge in [-0.25, -0.2) is 0 Å². The summed E-state index contributed by atoms with van der Waals surface area (Å²) in [5, 5.41) is 14.3. The number of hydrogen-bond acceptors (Lipinski definition) is 5. The van der Waals surface area contributed by atoms with E-state index in [0.29, 0.717) is 30.0 Å². The molecule has 7 nitrogen and oxygen atoms in total. The van der Waals surface area contributed by atoms with Crippen LogP contribution in [0.2, 0.25) is 0 Å². The Balaban J connectivity index is 2.02. The molecular formula is C17H17N3O4. The highest BCUT2D eigenvalue weighted by Crippen LogP contribution is 2.33. The molecule has 124 valence electrons. The van der Waals surface area contributed by atoms with Gasteiger partial charge in [0.1, 0.15) is 6.17 Å². The molecule has 7 heteroatoms. The van der Waals surface area contributed by atoms with Gasteiger partial charge in [-0.05, 0) is 12.1 Å². The van der Waals surface area contributed by atoms with E-state index in [0.717, 1.165) is 0 Å². The highest BCUT2D eigenvalue weighted by Gasteiger charge is 2.33. The van der Waals surface area contributed by atoms with Crippen molar-refractivity contribution in [3.8, 4) is 0 Å². The molecule has 0 fully saturated rings. The van der Waals surface area contributed by atoms with Crippen LogP contribution in [0.4, 0.5) is 11.4 Å². The fraction of sp³-hybridized carbons (Fsp3) is 0.235. The third kappa shape index (κ3) is 2.93. The number of nitrogens with one attached hydrogen (secondary N) is 1. The van der Waals surface area contributed by atoms with Gasteiger partial charge >= 0.3 is 0 Å². The number of carbonyl (C=O) groups excluding carboxylic acids is 1. The fourth-order valence-corrected chi connectivity index (χ4v) is 2.78. The predicted molar refractivity (Wildman–Crippen MR) is 88.8 cm³/mol. The first-order valence-corrected chi connectivity index (χ1v) is 7.51. The number of benzene rings is 2. The van der Waals surface area contributed by atoms with Gasteiger partial charge in [0.05, 0.1) is 17.1 Å². The number of ether oxygens (including phenoxy) is 1. The van der Waals surface area contributed by atoms with Gasteiger partial charge in [0.15, 0.2) is 0 Å². The summed E-state index contributed by atoms with van der Waals surface area (Å²) in [5.41, 5.74) is 1.94. The topological polar surface area (TPSA) is 84.7 Å². The molecule has 2 aromatic rings. The number of nitrogens with zero attached hydrogens (tertiary/aromatic N) is 2. The highest BCUT2D eigenvalue weighted by molar-refractivity contribution is 6.01. The van der Waals surface area contributed by atoms with Gasteiger partial charge in [0.2, 0.25) is 0 Å². The number of hydrogen-bond donors (Lipinski definition) is 1. The number of nitro benzene ring substituents is 1. The van der Waals surface area contributed by atoms with Crippen LogP contribution in [0.25, 0.3) is 0 Å². The number of carbonyl (C=O) groups is 1. The number of nitro groups is 1. The van der Waals surface area contributed by atoms with Gasteiger partial charge in [-0.1, -0.05) is 24.3 Å². The van der Waals surface area contributed by atoms with Gasteiger partial charge < -0.3 is 15.0 Å². The molecule has 1 atom stereocenters. The van der Waals surface area contributed by atoms with Crippen molar-refractivity contribution in [3.63, 3.8) is 0 Å². The van der Waals surface area contributed by atoms with Crippen LogP contribution in [0.3, 0.4) is 0 Å². The predicted octanol–water partition coefficient (Wildman–Crippen LogP) is 2.81. The Morgan fingerprint density at radius 3 is 2.79 bits per heavy atom. The first-order valence-electron chi connectivity index (χ1n) is 7.51. The summed E-state index contributed by atoms with van der Waals surface area (Å²) in [6.45, 7) is 0.755. The summed E-state index contributed by atoms with van der Waals surface area (Å²) >= 11 is 0. The molecule has 2 aromatic carbocycles. The Labute approximate surface area is 139 Å². The van der Waals surface area contributed by atoms with Crippen molar-refractivity contribution in [1.29, 1.82) is 0 Å². The molecule has 0 aromatic heterocycles. The van der Waals surface area contributed by atoms with E-state index in [9.17, 15) is 14.9 Å². The molecule has 1 aliphatic rings.